The zero-order chi connectivity index (χ0) is 12.3. The van der Waals surface area contributed by atoms with Gasteiger partial charge >= 0.3 is 6.18 Å². The van der Waals surface area contributed by atoms with E-state index in [1.807, 2.05) is 0 Å². The van der Waals surface area contributed by atoms with Crippen molar-refractivity contribution in [1.82, 2.24) is 0 Å². The first-order chi connectivity index (χ1) is 7.36. The quantitative estimate of drug-likeness (QED) is 0.838. The van der Waals surface area contributed by atoms with Crippen LogP contribution in [0.3, 0.4) is 0 Å². The molecule has 0 bridgehead atoms. The number of hydrogen-bond acceptors (Lipinski definition) is 1. The van der Waals surface area contributed by atoms with Crippen LogP contribution in [0.2, 0.25) is 0 Å². The molecule has 1 atom stereocenters. The number of rotatable bonds is 3. The van der Waals surface area contributed by atoms with E-state index in [2.05, 4.69) is 0 Å². The second kappa shape index (κ2) is 6.16. The highest BCUT2D eigenvalue weighted by Crippen LogP contribution is 2.32. The molecule has 0 fully saturated rings. The highest BCUT2D eigenvalue weighted by molar-refractivity contribution is 5.85. The summed E-state index contributed by atoms with van der Waals surface area (Å²) in [6, 6.07) is 1.58. The third-order valence-electron chi connectivity index (χ3n) is 2.15. The van der Waals surface area contributed by atoms with Gasteiger partial charge in [-0.1, -0.05) is 6.07 Å². The van der Waals surface area contributed by atoms with Crippen molar-refractivity contribution in [3.8, 4) is 0 Å². The number of alkyl halides is 4. The van der Waals surface area contributed by atoms with Gasteiger partial charge in [0, 0.05) is 6.04 Å². The number of nitrogens with two attached hydrogens (primary N) is 1. The van der Waals surface area contributed by atoms with Gasteiger partial charge in [-0.2, -0.15) is 13.2 Å². The van der Waals surface area contributed by atoms with E-state index in [0.717, 1.165) is 6.07 Å². The summed E-state index contributed by atoms with van der Waals surface area (Å²) in [6.07, 6.45) is -4.78. The Morgan fingerprint density at radius 2 is 1.82 bits per heavy atom. The van der Waals surface area contributed by atoms with Gasteiger partial charge in [0.1, 0.15) is 5.82 Å². The highest BCUT2D eigenvalue weighted by atomic mass is 35.5. The molecule has 1 nitrogen and oxygen atoms in total. The summed E-state index contributed by atoms with van der Waals surface area (Å²) < 4.78 is 61.6. The molecule has 0 heterocycles. The SMILES string of the molecule is Cl.N[C@@H](CCF)c1ccc(C(F)(F)F)c(F)c1. The summed E-state index contributed by atoms with van der Waals surface area (Å²) in [4.78, 5) is 0. The minimum absolute atomic E-state index is 0. The molecule has 0 saturated heterocycles. The summed E-state index contributed by atoms with van der Waals surface area (Å²) >= 11 is 0. The van der Waals surface area contributed by atoms with Crippen LogP contribution in [-0.2, 0) is 6.18 Å². The first-order valence-electron chi connectivity index (χ1n) is 4.54. The van der Waals surface area contributed by atoms with Crippen LogP contribution in [-0.4, -0.2) is 6.67 Å². The van der Waals surface area contributed by atoms with E-state index < -0.39 is 30.3 Å². The lowest BCUT2D eigenvalue weighted by molar-refractivity contribution is -0.140. The lowest BCUT2D eigenvalue weighted by Crippen LogP contribution is -2.13. The Hall–Kier alpha value is -0.880. The molecule has 0 aromatic heterocycles. The van der Waals surface area contributed by atoms with Crippen molar-refractivity contribution in [2.45, 2.75) is 18.6 Å². The maximum atomic E-state index is 13.1. The van der Waals surface area contributed by atoms with Crippen LogP contribution in [0.4, 0.5) is 22.0 Å². The molecule has 0 amide bonds. The van der Waals surface area contributed by atoms with Gasteiger partial charge in [0.15, 0.2) is 0 Å². The van der Waals surface area contributed by atoms with Crippen LogP contribution >= 0.6 is 12.4 Å². The average Bonchev–Trinajstić information content (AvgIpc) is 2.16. The molecule has 7 heteroatoms. The molecule has 0 aliphatic heterocycles. The number of halogens is 6. The monoisotopic (exact) mass is 275 g/mol. The number of benzene rings is 1. The molecule has 1 aromatic carbocycles. The fraction of sp³-hybridized carbons (Fsp3) is 0.400. The maximum absolute atomic E-state index is 13.1. The Bertz CT molecular complexity index is 366. The molecular formula is C10H11ClF5N. The van der Waals surface area contributed by atoms with Crippen molar-refractivity contribution >= 4 is 12.4 Å². The van der Waals surface area contributed by atoms with E-state index in [1.54, 1.807) is 0 Å². The Morgan fingerprint density at radius 1 is 1.24 bits per heavy atom. The Balaban J connectivity index is 0.00000256. The smallest absolute Gasteiger partial charge is 0.324 e. The van der Waals surface area contributed by atoms with Crippen molar-refractivity contribution in [3.63, 3.8) is 0 Å². The predicted molar refractivity (Wildman–Crippen MR) is 56.2 cm³/mol. The van der Waals surface area contributed by atoms with E-state index in [-0.39, 0.29) is 24.4 Å². The fourth-order valence-electron chi connectivity index (χ4n) is 1.28. The van der Waals surface area contributed by atoms with Gasteiger partial charge in [-0.25, -0.2) is 4.39 Å². The molecule has 1 aromatic rings. The van der Waals surface area contributed by atoms with Gasteiger partial charge < -0.3 is 5.73 Å². The van der Waals surface area contributed by atoms with Gasteiger partial charge in [0.25, 0.3) is 0 Å². The maximum Gasteiger partial charge on any atom is 0.419 e. The van der Waals surface area contributed by atoms with E-state index in [4.69, 9.17) is 5.73 Å². The van der Waals surface area contributed by atoms with Gasteiger partial charge in [-0.05, 0) is 24.1 Å². The van der Waals surface area contributed by atoms with Crippen molar-refractivity contribution in [3.05, 3.63) is 35.1 Å². The molecule has 0 unspecified atom stereocenters. The van der Waals surface area contributed by atoms with E-state index in [1.165, 1.54) is 0 Å². The predicted octanol–water partition coefficient (Wildman–Crippen LogP) is 3.63. The standard InChI is InChI=1S/C10H10F5N.ClH/c11-4-3-9(16)6-1-2-7(8(12)5-6)10(13,14)15;/h1-2,5,9H,3-4,16H2;1H/t9-;/m0./s1. The van der Waals surface area contributed by atoms with Crippen molar-refractivity contribution < 1.29 is 22.0 Å². The Morgan fingerprint density at radius 3 is 2.24 bits per heavy atom. The second-order valence-electron chi connectivity index (χ2n) is 3.32. The van der Waals surface area contributed by atoms with Gasteiger partial charge in [-0.3, -0.25) is 4.39 Å². The largest absolute Gasteiger partial charge is 0.419 e. The zero-order valence-electron chi connectivity index (χ0n) is 8.60. The van der Waals surface area contributed by atoms with Crippen LogP contribution in [0, 0.1) is 5.82 Å². The molecule has 0 aliphatic rings. The number of hydrogen-bond donors (Lipinski definition) is 1. The normalized spacial score (nSPS) is 13.1. The first-order valence-corrected chi connectivity index (χ1v) is 4.54. The molecule has 0 spiro atoms. The topological polar surface area (TPSA) is 26.0 Å². The molecule has 98 valence electrons. The van der Waals surface area contributed by atoms with E-state index in [0.29, 0.717) is 12.1 Å². The van der Waals surface area contributed by atoms with Gasteiger partial charge in [0.05, 0.1) is 12.2 Å². The van der Waals surface area contributed by atoms with E-state index >= 15 is 0 Å². The molecule has 2 N–H and O–H groups in total. The van der Waals surface area contributed by atoms with Crippen LogP contribution in [0.1, 0.15) is 23.6 Å². The second-order valence-corrected chi connectivity index (χ2v) is 3.32. The van der Waals surface area contributed by atoms with Crippen LogP contribution in [0.15, 0.2) is 18.2 Å². The fourth-order valence-corrected chi connectivity index (χ4v) is 1.28. The highest BCUT2D eigenvalue weighted by Gasteiger charge is 2.34. The Kier molecular flexibility index (Phi) is 5.84. The molecule has 0 saturated carbocycles. The third-order valence-corrected chi connectivity index (χ3v) is 2.15. The molecule has 0 aliphatic carbocycles. The van der Waals surface area contributed by atoms with Crippen molar-refractivity contribution in [2.24, 2.45) is 5.73 Å². The molecule has 1 rings (SSSR count). The summed E-state index contributed by atoms with van der Waals surface area (Å²) in [5.41, 5.74) is 4.26. The van der Waals surface area contributed by atoms with E-state index in [9.17, 15) is 22.0 Å². The molecular weight excluding hydrogens is 265 g/mol. The summed E-state index contributed by atoms with van der Waals surface area (Å²) in [6.45, 7) is -0.705. The van der Waals surface area contributed by atoms with Crippen LogP contribution < -0.4 is 5.73 Å². The minimum Gasteiger partial charge on any atom is -0.324 e. The molecule has 0 radical (unpaired) electrons. The van der Waals surface area contributed by atoms with Crippen LogP contribution in [0.25, 0.3) is 0 Å². The van der Waals surface area contributed by atoms with Crippen LogP contribution in [0.5, 0.6) is 0 Å². The first kappa shape index (κ1) is 16.1. The third kappa shape index (κ3) is 4.12. The van der Waals surface area contributed by atoms with Crippen molar-refractivity contribution in [1.29, 1.82) is 0 Å². The van der Waals surface area contributed by atoms with Crippen molar-refractivity contribution in [2.75, 3.05) is 6.67 Å². The Labute approximate surface area is 101 Å². The van der Waals surface area contributed by atoms with Gasteiger partial charge in [-0.15, -0.1) is 12.4 Å². The summed E-state index contributed by atoms with van der Waals surface area (Å²) in [7, 11) is 0. The molecule has 17 heavy (non-hydrogen) atoms. The van der Waals surface area contributed by atoms with Gasteiger partial charge in [0.2, 0.25) is 0 Å². The minimum atomic E-state index is -4.73. The average molecular weight is 276 g/mol. The lowest BCUT2D eigenvalue weighted by Gasteiger charge is -2.13. The summed E-state index contributed by atoms with van der Waals surface area (Å²) in [5, 5.41) is 0. The summed E-state index contributed by atoms with van der Waals surface area (Å²) in [5.74, 6) is -1.39. The lowest BCUT2D eigenvalue weighted by atomic mass is 10.0. The zero-order valence-corrected chi connectivity index (χ0v) is 9.42.